The van der Waals surface area contributed by atoms with Crippen LogP contribution in [0.25, 0.3) is 0 Å². The Morgan fingerprint density at radius 1 is 1.12 bits per heavy atom. The number of allylic oxidation sites excluding steroid dienone is 1. The Kier molecular flexibility index (Phi) is 8.30. The Hall–Kier alpha value is -2.46. The van der Waals surface area contributed by atoms with Gasteiger partial charge in [0.05, 0.1) is 17.7 Å². The highest BCUT2D eigenvalue weighted by Gasteiger charge is 2.42. The van der Waals surface area contributed by atoms with Crippen molar-refractivity contribution in [2.45, 2.75) is 77.2 Å². The lowest BCUT2D eigenvalue weighted by Crippen LogP contribution is -2.49. The summed E-state index contributed by atoms with van der Waals surface area (Å²) in [4.78, 5) is 27.1. The molecule has 5 aliphatic rings. The summed E-state index contributed by atoms with van der Waals surface area (Å²) in [5.41, 5.74) is 7.01. The quantitative estimate of drug-likeness (QED) is 0.508. The first kappa shape index (κ1) is 29.0. The van der Waals surface area contributed by atoms with Crippen molar-refractivity contribution in [2.75, 3.05) is 33.2 Å². The van der Waals surface area contributed by atoms with Crippen molar-refractivity contribution >= 4 is 17.6 Å². The van der Waals surface area contributed by atoms with Crippen LogP contribution in [0.4, 0.5) is 13.2 Å². The molecular formula is C30H43F3N6O. The van der Waals surface area contributed by atoms with Gasteiger partial charge >= 0.3 is 6.18 Å². The van der Waals surface area contributed by atoms with E-state index in [4.69, 9.17) is 15.7 Å². The van der Waals surface area contributed by atoms with Crippen molar-refractivity contribution in [2.24, 2.45) is 39.4 Å². The van der Waals surface area contributed by atoms with E-state index in [0.29, 0.717) is 23.2 Å². The van der Waals surface area contributed by atoms with E-state index in [9.17, 15) is 18.0 Å². The molecule has 2 fully saturated rings. The molecule has 0 aromatic carbocycles. The van der Waals surface area contributed by atoms with Crippen molar-refractivity contribution in [1.29, 1.82) is 0 Å². The number of nitrogens with two attached hydrogens (primary N) is 1. The average Bonchev–Trinajstić information content (AvgIpc) is 3.32. The minimum absolute atomic E-state index is 0.0483. The lowest BCUT2D eigenvalue weighted by Gasteiger charge is -2.41. The lowest BCUT2D eigenvalue weighted by atomic mass is 9.69. The van der Waals surface area contributed by atoms with Crippen LogP contribution in [0.5, 0.6) is 0 Å². The Morgan fingerprint density at radius 2 is 1.80 bits per heavy atom. The topological polar surface area (TPSA) is 86.3 Å². The Labute approximate surface area is 235 Å². The van der Waals surface area contributed by atoms with Crippen molar-refractivity contribution < 1.29 is 18.0 Å². The molecular weight excluding hydrogens is 517 g/mol. The molecule has 1 amide bonds. The molecule has 10 heteroatoms. The molecule has 0 aromatic heterocycles. The number of likely N-dealkylation sites (N-methyl/N-ethyl adjacent to an activating group) is 1. The number of nitrogens with zero attached hydrogens (tertiary/aromatic N) is 4. The van der Waals surface area contributed by atoms with Gasteiger partial charge in [-0.2, -0.15) is 13.2 Å². The molecule has 1 saturated heterocycles. The zero-order chi connectivity index (χ0) is 28.8. The van der Waals surface area contributed by atoms with Gasteiger partial charge in [0.1, 0.15) is 11.7 Å². The van der Waals surface area contributed by atoms with Crippen LogP contribution in [0.2, 0.25) is 0 Å². The second-order valence-corrected chi connectivity index (χ2v) is 12.4. The number of halogens is 3. The van der Waals surface area contributed by atoms with Gasteiger partial charge in [-0.1, -0.05) is 24.6 Å². The molecule has 5 unspecified atom stereocenters. The minimum atomic E-state index is -4.44. The highest BCUT2D eigenvalue weighted by atomic mass is 19.4. The van der Waals surface area contributed by atoms with Crippen molar-refractivity contribution in [3.8, 4) is 0 Å². The SMILES string of the molecule is CC1=NC2C(C)C=C(C3CCC(C(=O)N4CCN(C)CC4)CC3)CC2C(NC(C)C2=CC(N)C(C(F)(F)F)=C2)=N1. The summed E-state index contributed by atoms with van der Waals surface area (Å²) in [6.45, 7) is 9.45. The van der Waals surface area contributed by atoms with Gasteiger partial charge in [-0.3, -0.25) is 9.79 Å². The van der Waals surface area contributed by atoms with Crippen LogP contribution < -0.4 is 11.1 Å². The van der Waals surface area contributed by atoms with E-state index in [1.54, 1.807) is 0 Å². The van der Waals surface area contributed by atoms with Gasteiger partial charge < -0.3 is 20.9 Å². The summed E-state index contributed by atoms with van der Waals surface area (Å²) in [7, 11) is 2.10. The number of amides is 1. The predicted octanol–water partition coefficient (Wildman–Crippen LogP) is 4.08. The first-order valence-electron chi connectivity index (χ1n) is 14.7. The maximum absolute atomic E-state index is 13.3. The number of carbonyl (C=O) groups excluding carboxylic acids is 1. The van der Waals surface area contributed by atoms with E-state index >= 15 is 0 Å². The van der Waals surface area contributed by atoms with Gasteiger partial charge in [-0.05, 0) is 76.5 Å². The molecule has 2 heterocycles. The number of fused-ring (bicyclic) bond motifs is 1. The fourth-order valence-corrected chi connectivity index (χ4v) is 7.12. The number of aliphatic imine (C=N–C) groups is 2. The monoisotopic (exact) mass is 560 g/mol. The molecule has 2 aliphatic heterocycles. The van der Waals surface area contributed by atoms with Gasteiger partial charge in [0.15, 0.2) is 0 Å². The highest BCUT2D eigenvalue weighted by Crippen LogP contribution is 2.42. The molecule has 0 bridgehead atoms. The molecule has 3 aliphatic carbocycles. The van der Waals surface area contributed by atoms with E-state index in [2.05, 4.69) is 35.2 Å². The normalized spacial score (nSPS) is 34.2. The molecule has 7 nitrogen and oxygen atoms in total. The molecule has 40 heavy (non-hydrogen) atoms. The fraction of sp³-hybridized carbons (Fsp3) is 0.700. The van der Waals surface area contributed by atoms with Crippen LogP contribution in [0.1, 0.15) is 52.9 Å². The highest BCUT2D eigenvalue weighted by molar-refractivity contribution is 6.00. The van der Waals surface area contributed by atoms with Gasteiger partial charge in [-0.15, -0.1) is 0 Å². The predicted molar refractivity (Wildman–Crippen MR) is 152 cm³/mol. The van der Waals surface area contributed by atoms with E-state index in [1.807, 2.05) is 13.8 Å². The molecule has 220 valence electrons. The first-order chi connectivity index (χ1) is 18.9. The third-order valence-electron chi connectivity index (χ3n) is 9.51. The molecule has 5 atom stereocenters. The van der Waals surface area contributed by atoms with Crippen LogP contribution in [0, 0.1) is 23.7 Å². The number of rotatable bonds is 4. The van der Waals surface area contributed by atoms with Gasteiger partial charge in [0.25, 0.3) is 0 Å². The van der Waals surface area contributed by atoms with Gasteiger partial charge in [0, 0.05) is 44.1 Å². The smallest absolute Gasteiger partial charge is 0.367 e. The average molecular weight is 561 g/mol. The van der Waals surface area contributed by atoms with Gasteiger partial charge in [0.2, 0.25) is 5.91 Å². The Morgan fingerprint density at radius 3 is 2.42 bits per heavy atom. The number of hydrogen-bond donors (Lipinski definition) is 2. The largest absolute Gasteiger partial charge is 0.414 e. The van der Waals surface area contributed by atoms with Crippen molar-refractivity contribution in [3.63, 3.8) is 0 Å². The summed E-state index contributed by atoms with van der Waals surface area (Å²) in [6, 6.07) is -1.46. The fourth-order valence-electron chi connectivity index (χ4n) is 7.12. The maximum atomic E-state index is 13.3. The van der Waals surface area contributed by atoms with E-state index in [1.165, 1.54) is 17.7 Å². The molecule has 5 rings (SSSR count). The summed E-state index contributed by atoms with van der Waals surface area (Å²) >= 11 is 0. The lowest BCUT2D eigenvalue weighted by molar-refractivity contribution is -0.138. The first-order valence-corrected chi connectivity index (χ1v) is 14.7. The number of piperazine rings is 1. The van der Waals surface area contributed by atoms with Crippen LogP contribution in [-0.2, 0) is 4.79 Å². The zero-order valence-electron chi connectivity index (χ0n) is 24.0. The molecule has 0 radical (unpaired) electrons. The molecule has 0 spiro atoms. The third kappa shape index (κ3) is 6.08. The van der Waals surface area contributed by atoms with E-state index in [0.717, 1.165) is 64.1 Å². The second-order valence-electron chi connectivity index (χ2n) is 12.4. The standard InChI is InChI=1S/C30H43F3N6O/c1-17-13-23(20-5-7-21(8-6-20)29(40)39-11-9-38(4)10-12-39)14-24-27(17)36-19(3)37-28(24)35-18(2)22-15-25(26(34)16-22)30(31,32)33/h13,15-18,20-21,24,26-27H,5-12,14,34H2,1-4H3,(H,35,36,37). The zero-order valence-corrected chi connectivity index (χ0v) is 24.0. The van der Waals surface area contributed by atoms with Crippen molar-refractivity contribution in [1.82, 2.24) is 15.1 Å². The molecule has 1 saturated carbocycles. The summed E-state index contributed by atoms with van der Waals surface area (Å²) in [6.07, 6.45) is 5.28. The summed E-state index contributed by atoms with van der Waals surface area (Å²) in [5.74, 6) is 2.65. The Balaban J connectivity index is 1.23. The molecule has 3 N–H and O–H groups in total. The third-order valence-corrected chi connectivity index (χ3v) is 9.51. The number of hydrogen-bond acceptors (Lipinski definition) is 6. The van der Waals surface area contributed by atoms with E-state index in [-0.39, 0.29) is 29.8 Å². The van der Waals surface area contributed by atoms with Crippen LogP contribution in [0.3, 0.4) is 0 Å². The van der Waals surface area contributed by atoms with E-state index < -0.39 is 17.8 Å². The number of amidine groups is 2. The second kappa shape index (κ2) is 11.4. The van der Waals surface area contributed by atoms with Gasteiger partial charge in [-0.25, -0.2) is 4.99 Å². The summed E-state index contributed by atoms with van der Waals surface area (Å²) in [5, 5.41) is 3.44. The number of alkyl halides is 3. The number of nitrogens with one attached hydrogen (secondary N) is 1. The Bertz CT molecular complexity index is 1140. The molecule has 0 aromatic rings. The maximum Gasteiger partial charge on any atom is 0.414 e. The van der Waals surface area contributed by atoms with Crippen LogP contribution >= 0.6 is 0 Å². The van der Waals surface area contributed by atoms with Crippen molar-refractivity contribution in [3.05, 3.63) is 34.9 Å². The van der Waals surface area contributed by atoms with Crippen LogP contribution in [-0.4, -0.2) is 84.9 Å². The number of carbonyl (C=O) groups is 1. The van der Waals surface area contributed by atoms with Crippen LogP contribution in [0.15, 0.2) is 44.9 Å². The summed E-state index contributed by atoms with van der Waals surface area (Å²) < 4.78 is 40.0. The minimum Gasteiger partial charge on any atom is -0.367 e.